The average Bonchev–Trinajstić information content (AvgIpc) is 2.45. The second-order valence-corrected chi connectivity index (χ2v) is 4.32. The topological polar surface area (TPSA) is 54.9 Å². The fourth-order valence-corrected chi connectivity index (χ4v) is 1.54. The molecule has 0 heterocycles. The number of hydrogen-bond acceptors (Lipinski definition) is 4. The van der Waals surface area contributed by atoms with E-state index >= 15 is 0 Å². The van der Waals surface area contributed by atoms with Gasteiger partial charge in [-0.25, -0.2) is 4.39 Å². The first kappa shape index (κ1) is 16.3. The van der Waals surface area contributed by atoms with E-state index in [1.54, 1.807) is 26.2 Å². The van der Waals surface area contributed by atoms with E-state index < -0.39 is 5.82 Å². The Kier molecular flexibility index (Phi) is 6.89. The van der Waals surface area contributed by atoms with E-state index in [0.29, 0.717) is 29.5 Å². The molecular weight excluding hydrogens is 281 g/mol. The molecule has 0 aliphatic rings. The molecule has 20 heavy (non-hydrogen) atoms. The molecule has 110 valence electrons. The fourth-order valence-electron chi connectivity index (χ4n) is 1.40. The minimum atomic E-state index is -0.430. The van der Waals surface area contributed by atoms with Crippen LogP contribution in [-0.4, -0.2) is 38.2 Å². The van der Waals surface area contributed by atoms with Crippen molar-refractivity contribution >= 4 is 23.0 Å². The summed E-state index contributed by atoms with van der Waals surface area (Å²) in [4.78, 5) is 0. The lowest BCUT2D eigenvalue weighted by Gasteiger charge is -2.08. The number of rotatable bonds is 6. The first-order chi connectivity index (χ1) is 9.58. The van der Waals surface area contributed by atoms with Crippen molar-refractivity contribution in [2.75, 3.05) is 27.4 Å². The van der Waals surface area contributed by atoms with Gasteiger partial charge in [0.1, 0.15) is 0 Å². The van der Waals surface area contributed by atoms with Crippen LogP contribution in [0.1, 0.15) is 12.5 Å². The van der Waals surface area contributed by atoms with Gasteiger partial charge >= 0.3 is 0 Å². The molecule has 2 N–H and O–H groups in total. The highest BCUT2D eigenvalue weighted by molar-refractivity contribution is 7.80. The molecule has 0 aromatic heterocycles. The second kappa shape index (κ2) is 8.44. The maximum atomic E-state index is 13.6. The Balaban J connectivity index is 2.60. The van der Waals surface area contributed by atoms with Gasteiger partial charge in [-0.05, 0) is 37.3 Å². The maximum Gasteiger partial charge on any atom is 0.187 e. The van der Waals surface area contributed by atoms with Crippen molar-refractivity contribution in [3.63, 3.8) is 0 Å². The summed E-state index contributed by atoms with van der Waals surface area (Å²) >= 11 is 5.02. The van der Waals surface area contributed by atoms with Crippen LogP contribution >= 0.6 is 12.2 Å². The number of nitrogens with zero attached hydrogens (tertiary/aromatic N) is 1. The van der Waals surface area contributed by atoms with Gasteiger partial charge < -0.3 is 14.8 Å². The predicted molar refractivity (Wildman–Crippen MR) is 80.8 cm³/mol. The van der Waals surface area contributed by atoms with E-state index in [4.69, 9.17) is 21.7 Å². The average molecular weight is 299 g/mol. The number of benzene rings is 1. The van der Waals surface area contributed by atoms with Crippen LogP contribution in [0.3, 0.4) is 0 Å². The van der Waals surface area contributed by atoms with Crippen LogP contribution in [0.4, 0.5) is 4.39 Å². The van der Waals surface area contributed by atoms with Crippen LogP contribution in [0.15, 0.2) is 23.3 Å². The first-order valence-corrected chi connectivity index (χ1v) is 6.40. The standard InChI is InChI=1S/C13H18FN3O2S/c1-9(16-17-13(20)15-6-7-18-2)10-4-5-12(19-3)11(14)8-10/h4-5,8H,6-7H2,1-3H3,(H2,15,17,20)/b16-9-. The number of hydrazone groups is 1. The molecule has 0 atom stereocenters. The third-order valence-electron chi connectivity index (χ3n) is 2.49. The van der Waals surface area contributed by atoms with Crippen molar-refractivity contribution in [3.05, 3.63) is 29.6 Å². The minimum absolute atomic E-state index is 0.200. The zero-order valence-corrected chi connectivity index (χ0v) is 12.5. The number of hydrogen-bond donors (Lipinski definition) is 2. The van der Waals surface area contributed by atoms with Crippen LogP contribution in [0, 0.1) is 5.82 Å². The quantitative estimate of drug-likeness (QED) is 0.362. The molecule has 0 aliphatic heterocycles. The van der Waals surface area contributed by atoms with Crippen LogP contribution < -0.4 is 15.5 Å². The lowest BCUT2D eigenvalue weighted by Crippen LogP contribution is -2.34. The number of ether oxygens (including phenoxy) is 2. The number of methoxy groups -OCH3 is 2. The maximum absolute atomic E-state index is 13.6. The SMILES string of the molecule is COCCNC(=S)N/N=C(/C)c1ccc(OC)c(F)c1. The molecule has 0 aliphatic carbocycles. The molecule has 0 saturated heterocycles. The normalized spacial score (nSPS) is 11.1. The summed E-state index contributed by atoms with van der Waals surface area (Å²) in [6.07, 6.45) is 0. The Morgan fingerprint density at radius 1 is 1.40 bits per heavy atom. The monoisotopic (exact) mass is 299 g/mol. The van der Waals surface area contributed by atoms with Gasteiger partial charge in [0.05, 0.1) is 19.4 Å². The molecule has 0 amide bonds. The van der Waals surface area contributed by atoms with E-state index in [1.165, 1.54) is 13.2 Å². The molecule has 0 radical (unpaired) electrons. The van der Waals surface area contributed by atoms with Crippen molar-refractivity contribution in [1.82, 2.24) is 10.7 Å². The minimum Gasteiger partial charge on any atom is -0.494 e. The predicted octanol–water partition coefficient (Wildman–Crippen LogP) is 1.67. The number of halogens is 1. The van der Waals surface area contributed by atoms with Crippen molar-refractivity contribution in [1.29, 1.82) is 0 Å². The molecule has 0 spiro atoms. The van der Waals surface area contributed by atoms with Gasteiger partial charge in [-0.15, -0.1) is 0 Å². The highest BCUT2D eigenvalue weighted by atomic mass is 32.1. The lowest BCUT2D eigenvalue weighted by molar-refractivity contribution is 0.204. The summed E-state index contributed by atoms with van der Waals surface area (Å²) in [6.45, 7) is 2.90. The molecule has 7 heteroatoms. The molecule has 1 aromatic carbocycles. The van der Waals surface area contributed by atoms with Gasteiger partial charge in [-0.2, -0.15) is 5.10 Å². The lowest BCUT2D eigenvalue weighted by atomic mass is 10.1. The molecule has 5 nitrogen and oxygen atoms in total. The summed E-state index contributed by atoms with van der Waals surface area (Å²) in [6, 6.07) is 4.64. The summed E-state index contributed by atoms with van der Waals surface area (Å²) < 4.78 is 23.3. The van der Waals surface area contributed by atoms with Gasteiger partial charge in [-0.3, -0.25) is 5.43 Å². The number of thiocarbonyl (C=S) groups is 1. The third-order valence-corrected chi connectivity index (χ3v) is 2.72. The molecule has 0 saturated carbocycles. The van der Waals surface area contributed by atoms with E-state index in [2.05, 4.69) is 15.8 Å². The number of nitrogens with one attached hydrogen (secondary N) is 2. The molecular formula is C13H18FN3O2S. The van der Waals surface area contributed by atoms with Gasteiger partial charge in [0.2, 0.25) is 0 Å². The summed E-state index contributed by atoms with van der Waals surface area (Å²) in [5.74, 6) is -0.230. The Hall–Kier alpha value is -1.73. The Morgan fingerprint density at radius 2 is 2.15 bits per heavy atom. The van der Waals surface area contributed by atoms with Crippen molar-refractivity contribution in [3.8, 4) is 5.75 Å². The van der Waals surface area contributed by atoms with Crippen molar-refractivity contribution in [2.45, 2.75) is 6.92 Å². The zero-order valence-electron chi connectivity index (χ0n) is 11.7. The Labute approximate surface area is 123 Å². The molecule has 1 aromatic rings. The van der Waals surface area contributed by atoms with Crippen LogP contribution in [0.25, 0.3) is 0 Å². The van der Waals surface area contributed by atoms with Gasteiger partial charge in [0.25, 0.3) is 0 Å². The first-order valence-electron chi connectivity index (χ1n) is 5.99. The van der Waals surface area contributed by atoms with E-state index in [9.17, 15) is 4.39 Å². The molecule has 0 fully saturated rings. The van der Waals surface area contributed by atoms with Crippen molar-refractivity contribution < 1.29 is 13.9 Å². The largest absolute Gasteiger partial charge is 0.494 e. The Bertz CT molecular complexity index is 495. The van der Waals surface area contributed by atoms with E-state index in [0.717, 1.165) is 0 Å². The van der Waals surface area contributed by atoms with Crippen molar-refractivity contribution in [2.24, 2.45) is 5.10 Å². The summed E-state index contributed by atoms with van der Waals surface area (Å²) in [5.41, 5.74) is 3.95. The van der Waals surface area contributed by atoms with Gasteiger partial charge in [0, 0.05) is 19.2 Å². The highest BCUT2D eigenvalue weighted by Crippen LogP contribution is 2.17. The molecule has 0 unspecified atom stereocenters. The van der Waals surface area contributed by atoms with Gasteiger partial charge in [-0.1, -0.05) is 0 Å². The second-order valence-electron chi connectivity index (χ2n) is 3.91. The van der Waals surface area contributed by atoms with Crippen LogP contribution in [0.5, 0.6) is 5.75 Å². The van der Waals surface area contributed by atoms with Crippen LogP contribution in [0.2, 0.25) is 0 Å². The Morgan fingerprint density at radius 3 is 2.75 bits per heavy atom. The summed E-state index contributed by atoms with van der Waals surface area (Å²) in [5, 5.41) is 7.38. The third kappa shape index (κ3) is 5.10. The van der Waals surface area contributed by atoms with E-state index in [1.807, 2.05) is 0 Å². The van der Waals surface area contributed by atoms with E-state index in [-0.39, 0.29) is 5.75 Å². The zero-order chi connectivity index (χ0) is 15.0. The summed E-state index contributed by atoms with van der Waals surface area (Å²) in [7, 11) is 3.03. The molecule has 0 bridgehead atoms. The van der Waals surface area contributed by atoms with Gasteiger partial charge in [0.15, 0.2) is 16.7 Å². The van der Waals surface area contributed by atoms with Crippen LogP contribution in [-0.2, 0) is 4.74 Å². The smallest absolute Gasteiger partial charge is 0.187 e. The highest BCUT2D eigenvalue weighted by Gasteiger charge is 2.05. The molecule has 1 rings (SSSR count). The fraction of sp³-hybridized carbons (Fsp3) is 0.385.